The van der Waals surface area contributed by atoms with E-state index in [0.717, 1.165) is 16.5 Å². The molecule has 14 nitrogen and oxygen atoms in total. The zero-order valence-electron chi connectivity index (χ0n) is 31.2. The predicted octanol–water partition coefficient (Wildman–Crippen LogP) is 5.85. The first-order chi connectivity index (χ1) is 24.5. The van der Waals surface area contributed by atoms with Crippen LogP contribution < -0.4 is 16.4 Å². The van der Waals surface area contributed by atoms with Crippen LogP contribution in [0.1, 0.15) is 79.1 Å². The van der Waals surface area contributed by atoms with Crippen molar-refractivity contribution in [3.63, 3.8) is 0 Å². The second-order valence-corrected chi connectivity index (χ2v) is 14.4. The van der Waals surface area contributed by atoms with Crippen molar-refractivity contribution in [2.45, 2.75) is 105 Å². The van der Waals surface area contributed by atoms with Crippen LogP contribution in [-0.4, -0.2) is 73.8 Å². The van der Waals surface area contributed by atoms with E-state index >= 15 is 0 Å². The summed E-state index contributed by atoms with van der Waals surface area (Å²) in [6.07, 6.45) is -0.883. The summed E-state index contributed by atoms with van der Waals surface area (Å²) in [5, 5.41) is 6.34. The molecule has 4 aromatic rings. The van der Waals surface area contributed by atoms with Gasteiger partial charge in [-0.1, -0.05) is 48.5 Å². The molecule has 0 saturated heterocycles. The molecule has 0 bridgehead atoms. The van der Waals surface area contributed by atoms with E-state index in [1.807, 2.05) is 86.9 Å². The Labute approximate surface area is 304 Å². The Hall–Kier alpha value is -5.40. The number of benzene rings is 2. The lowest BCUT2D eigenvalue weighted by atomic mass is 10.1. The number of nitrogens with two attached hydrogens (primary N) is 1. The molecular formula is C38H51N7O7. The Balaban J connectivity index is 1.50. The maximum Gasteiger partial charge on any atom is 0.410 e. The summed E-state index contributed by atoms with van der Waals surface area (Å²) in [4.78, 5) is 62.7. The second kappa shape index (κ2) is 17.2. The largest absolute Gasteiger partial charge is 0.460 e. The van der Waals surface area contributed by atoms with E-state index < -0.39 is 41.3 Å². The average Bonchev–Trinajstić information content (AvgIpc) is 3.44. The van der Waals surface area contributed by atoms with Crippen molar-refractivity contribution in [2.75, 3.05) is 18.8 Å². The molecule has 52 heavy (non-hydrogen) atoms. The van der Waals surface area contributed by atoms with E-state index in [2.05, 4.69) is 15.6 Å². The Morgan fingerprint density at radius 3 is 2.27 bits per heavy atom. The number of para-hydroxylation sites is 1. The van der Waals surface area contributed by atoms with E-state index in [-0.39, 0.29) is 38.4 Å². The molecule has 1 atom stereocenters. The number of carbonyl (C=O) groups excluding carboxylic acids is 4. The topological polar surface area (TPSA) is 180 Å². The number of pyridine rings is 1. The molecule has 4 N–H and O–H groups in total. The number of aryl methyl sites for hydroxylation is 1. The van der Waals surface area contributed by atoms with Gasteiger partial charge in [0, 0.05) is 31.4 Å². The fourth-order valence-electron chi connectivity index (χ4n) is 5.47. The first-order valence-electron chi connectivity index (χ1n) is 17.5. The maximum atomic E-state index is 13.4. The molecule has 0 aliphatic carbocycles. The molecule has 2 aromatic carbocycles. The second-order valence-electron chi connectivity index (χ2n) is 14.4. The lowest BCUT2D eigenvalue weighted by Crippen LogP contribution is -2.47. The quantitative estimate of drug-likeness (QED) is 0.0814. The molecule has 2 aromatic heterocycles. The SMILES string of the molecule is CCN(Cc1nc2c(N)nc3ccccc3c2n1CCCNC(=O)[C@H](CCC(=O)OC(C)(C)C)NC(=O)OCc1ccccc1)C(=O)OC(C)(C)C. The molecule has 3 amide bonds. The molecular weight excluding hydrogens is 666 g/mol. The van der Waals surface area contributed by atoms with Crippen LogP contribution in [0.4, 0.5) is 15.4 Å². The highest BCUT2D eigenvalue weighted by molar-refractivity contribution is 6.06. The highest BCUT2D eigenvalue weighted by atomic mass is 16.6. The van der Waals surface area contributed by atoms with Crippen LogP contribution in [0.3, 0.4) is 0 Å². The summed E-state index contributed by atoms with van der Waals surface area (Å²) in [6.45, 7) is 13.8. The molecule has 2 heterocycles. The summed E-state index contributed by atoms with van der Waals surface area (Å²) >= 11 is 0. The van der Waals surface area contributed by atoms with Crippen LogP contribution in [0.5, 0.6) is 0 Å². The molecule has 0 radical (unpaired) electrons. The zero-order chi connectivity index (χ0) is 38.1. The number of ether oxygens (including phenoxy) is 3. The van der Waals surface area contributed by atoms with Gasteiger partial charge in [-0.2, -0.15) is 0 Å². The Morgan fingerprint density at radius 1 is 0.923 bits per heavy atom. The molecule has 0 fully saturated rings. The number of nitrogens with zero attached hydrogens (tertiary/aromatic N) is 4. The molecule has 0 unspecified atom stereocenters. The monoisotopic (exact) mass is 717 g/mol. The van der Waals surface area contributed by atoms with Gasteiger partial charge in [0.1, 0.15) is 35.2 Å². The first kappa shape index (κ1) is 39.4. The van der Waals surface area contributed by atoms with Gasteiger partial charge in [-0.15, -0.1) is 0 Å². The predicted molar refractivity (Wildman–Crippen MR) is 198 cm³/mol. The van der Waals surface area contributed by atoms with Gasteiger partial charge in [0.05, 0.1) is 17.6 Å². The Bertz CT molecular complexity index is 1860. The number of hydrogen-bond donors (Lipinski definition) is 3. The number of hydrogen-bond acceptors (Lipinski definition) is 10. The van der Waals surface area contributed by atoms with Gasteiger partial charge < -0.3 is 40.0 Å². The van der Waals surface area contributed by atoms with E-state index in [1.54, 1.807) is 25.7 Å². The van der Waals surface area contributed by atoms with Crippen LogP contribution in [0, 0.1) is 0 Å². The van der Waals surface area contributed by atoms with Gasteiger partial charge in [0.25, 0.3) is 0 Å². The molecule has 280 valence electrons. The number of esters is 1. The molecule has 0 saturated carbocycles. The Morgan fingerprint density at radius 2 is 1.60 bits per heavy atom. The number of anilines is 1. The summed E-state index contributed by atoms with van der Waals surface area (Å²) in [6, 6.07) is 15.7. The Kier molecular flexibility index (Phi) is 13.0. The summed E-state index contributed by atoms with van der Waals surface area (Å²) in [5.74, 6) is -0.119. The normalized spacial score (nSPS) is 12.3. The lowest BCUT2D eigenvalue weighted by Gasteiger charge is -2.26. The van der Waals surface area contributed by atoms with Crippen molar-refractivity contribution in [2.24, 2.45) is 0 Å². The van der Waals surface area contributed by atoms with Gasteiger partial charge in [0.15, 0.2) is 5.82 Å². The third-order valence-corrected chi connectivity index (χ3v) is 7.79. The number of nitrogens with one attached hydrogen (secondary N) is 2. The van der Waals surface area contributed by atoms with Gasteiger partial charge in [-0.25, -0.2) is 19.6 Å². The fraction of sp³-hybridized carbons (Fsp3) is 0.474. The average molecular weight is 718 g/mol. The summed E-state index contributed by atoms with van der Waals surface area (Å²) < 4.78 is 18.4. The highest BCUT2D eigenvalue weighted by Crippen LogP contribution is 2.29. The number of nitrogen functional groups attached to an aromatic ring is 1. The number of carbonyl (C=O) groups is 4. The van der Waals surface area contributed by atoms with Crippen LogP contribution in [0.25, 0.3) is 21.9 Å². The number of imidazole rings is 1. The number of amides is 3. The third-order valence-electron chi connectivity index (χ3n) is 7.79. The van der Waals surface area contributed by atoms with Gasteiger partial charge >= 0.3 is 18.2 Å². The number of aromatic nitrogens is 3. The van der Waals surface area contributed by atoms with Gasteiger partial charge in [-0.3, -0.25) is 9.59 Å². The van der Waals surface area contributed by atoms with E-state index in [9.17, 15) is 19.2 Å². The minimum atomic E-state index is -1.05. The van der Waals surface area contributed by atoms with Crippen LogP contribution in [0.2, 0.25) is 0 Å². The minimum absolute atomic E-state index is 0.00722. The number of fused-ring (bicyclic) bond motifs is 3. The fourth-order valence-corrected chi connectivity index (χ4v) is 5.47. The van der Waals surface area contributed by atoms with E-state index in [0.29, 0.717) is 36.4 Å². The molecule has 0 spiro atoms. The number of alkyl carbamates (subject to hydrolysis) is 1. The third kappa shape index (κ3) is 11.3. The van der Waals surface area contributed by atoms with E-state index in [1.165, 1.54) is 0 Å². The summed E-state index contributed by atoms with van der Waals surface area (Å²) in [5.41, 5.74) is 7.79. The standard InChI is InChI=1S/C38H51N7O7/c1-8-44(36(49)52-38(5,6)7)23-29-43-31-32(26-17-12-13-18-27(26)41-33(31)39)45(29)22-14-21-40-34(47)28(19-20-30(46)51-37(2,3)4)42-35(48)50-24-25-15-10-9-11-16-25/h9-13,15-18,28H,8,14,19-24H2,1-7H3,(H2,39,41)(H,40,47)(H,42,48)/t28-/m0/s1. The molecule has 14 heteroatoms. The lowest BCUT2D eigenvalue weighted by molar-refractivity contribution is -0.155. The van der Waals surface area contributed by atoms with Crippen LogP contribution in [-0.2, 0) is 43.5 Å². The van der Waals surface area contributed by atoms with Gasteiger partial charge in [-0.05, 0) is 72.9 Å². The maximum absolute atomic E-state index is 13.4. The molecule has 4 rings (SSSR count). The van der Waals surface area contributed by atoms with Crippen molar-refractivity contribution in [1.82, 2.24) is 30.1 Å². The van der Waals surface area contributed by atoms with Crippen molar-refractivity contribution < 1.29 is 33.4 Å². The van der Waals surface area contributed by atoms with Crippen LogP contribution in [0.15, 0.2) is 54.6 Å². The van der Waals surface area contributed by atoms with Crippen molar-refractivity contribution >= 4 is 51.8 Å². The molecule has 0 aliphatic heterocycles. The van der Waals surface area contributed by atoms with Crippen molar-refractivity contribution in [3.8, 4) is 0 Å². The zero-order valence-corrected chi connectivity index (χ0v) is 31.2. The summed E-state index contributed by atoms with van der Waals surface area (Å²) in [7, 11) is 0. The van der Waals surface area contributed by atoms with Crippen molar-refractivity contribution in [1.29, 1.82) is 0 Å². The van der Waals surface area contributed by atoms with Crippen molar-refractivity contribution in [3.05, 3.63) is 66.0 Å². The van der Waals surface area contributed by atoms with Crippen LogP contribution >= 0.6 is 0 Å². The molecule has 0 aliphatic rings. The first-order valence-corrected chi connectivity index (χ1v) is 17.5. The number of rotatable bonds is 14. The van der Waals surface area contributed by atoms with Gasteiger partial charge in [0.2, 0.25) is 5.91 Å². The highest BCUT2D eigenvalue weighted by Gasteiger charge is 2.26. The minimum Gasteiger partial charge on any atom is -0.460 e. The smallest absolute Gasteiger partial charge is 0.410 e. The van der Waals surface area contributed by atoms with E-state index in [4.69, 9.17) is 24.9 Å².